The fourth-order valence-corrected chi connectivity index (χ4v) is 3.48. The number of rotatable bonds is 16. The quantitative estimate of drug-likeness (QED) is 0.171. The molecule has 35 heavy (non-hydrogen) atoms. The van der Waals surface area contributed by atoms with Gasteiger partial charge in [0.25, 0.3) is 0 Å². The normalized spacial score (nSPS) is 23.9. The van der Waals surface area contributed by atoms with Gasteiger partial charge in [0.1, 0.15) is 12.7 Å². The Morgan fingerprint density at radius 1 is 0.714 bits per heavy atom. The fraction of sp³-hybridized carbons (Fsp3) is 0.826. The van der Waals surface area contributed by atoms with E-state index in [1.807, 2.05) is 0 Å². The summed E-state index contributed by atoms with van der Waals surface area (Å²) in [5, 5.41) is 6.65. The van der Waals surface area contributed by atoms with Gasteiger partial charge < -0.3 is 39.1 Å². The average Bonchev–Trinajstić information content (AvgIpc) is 2.76. The Labute approximate surface area is 206 Å². The molecule has 0 bridgehead atoms. The van der Waals surface area contributed by atoms with Gasteiger partial charge in [-0.05, 0) is 45.4 Å². The summed E-state index contributed by atoms with van der Waals surface area (Å²) >= 11 is 0. The molecule has 1 rings (SSSR count). The maximum absolute atomic E-state index is 11.8. The Kier molecular flexibility index (Phi) is 15.1. The van der Waals surface area contributed by atoms with Crippen molar-refractivity contribution in [3.05, 3.63) is 0 Å². The Morgan fingerprint density at radius 3 is 1.83 bits per heavy atom. The SMILES string of the molecule is CCCNCCCNCCCOC1OC(COC(C)=O)C(OC(C)=O)C(OC(C)=O)C1OC(C)=O. The third-order valence-corrected chi connectivity index (χ3v) is 4.86. The Bertz CT molecular complexity index is 675. The van der Waals surface area contributed by atoms with E-state index in [-0.39, 0.29) is 13.2 Å². The van der Waals surface area contributed by atoms with Crippen molar-refractivity contribution in [2.75, 3.05) is 39.4 Å². The monoisotopic (exact) mass is 504 g/mol. The lowest BCUT2D eigenvalue weighted by Gasteiger charge is -2.44. The van der Waals surface area contributed by atoms with Gasteiger partial charge >= 0.3 is 23.9 Å². The van der Waals surface area contributed by atoms with Crippen LogP contribution in [-0.2, 0) is 47.6 Å². The maximum Gasteiger partial charge on any atom is 0.303 e. The summed E-state index contributed by atoms with van der Waals surface area (Å²) in [5.41, 5.74) is 0. The van der Waals surface area contributed by atoms with Crippen LogP contribution in [0.5, 0.6) is 0 Å². The van der Waals surface area contributed by atoms with Crippen LogP contribution >= 0.6 is 0 Å². The molecule has 0 saturated carbocycles. The molecule has 0 aliphatic carbocycles. The number of carbonyl (C=O) groups excluding carboxylic acids is 4. The zero-order valence-corrected chi connectivity index (χ0v) is 21.3. The van der Waals surface area contributed by atoms with Crippen molar-refractivity contribution in [2.45, 2.75) is 84.6 Å². The third-order valence-electron chi connectivity index (χ3n) is 4.86. The number of nitrogens with one attached hydrogen (secondary N) is 2. The summed E-state index contributed by atoms with van der Waals surface area (Å²) in [7, 11) is 0. The van der Waals surface area contributed by atoms with Gasteiger partial charge in [-0.3, -0.25) is 19.2 Å². The van der Waals surface area contributed by atoms with E-state index >= 15 is 0 Å². The van der Waals surface area contributed by atoms with Crippen molar-refractivity contribution < 1.29 is 47.6 Å². The van der Waals surface area contributed by atoms with Crippen molar-refractivity contribution in [1.29, 1.82) is 0 Å². The standard InChI is InChI=1S/C23H40N2O10/c1-6-9-24-10-7-11-25-12-8-13-30-23-22(34-18(5)29)21(33-17(4)28)20(32-16(3)27)19(35-23)14-31-15(2)26/h19-25H,6-14H2,1-5H3. The lowest BCUT2D eigenvalue weighted by Crippen LogP contribution is -2.63. The summed E-state index contributed by atoms with van der Waals surface area (Å²) in [6.07, 6.45) is -3.05. The van der Waals surface area contributed by atoms with Crippen LogP contribution in [0.1, 0.15) is 53.9 Å². The van der Waals surface area contributed by atoms with E-state index in [9.17, 15) is 19.2 Å². The van der Waals surface area contributed by atoms with E-state index < -0.39 is 54.6 Å². The Hall–Kier alpha value is -2.28. The van der Waals surface area contributed by atoms with Gasteiger partial charge in [0.2, 0.25) is 0 Å². The first kappa shape index (κ1) is 30.8. The first-order chi connectivity index (χ1) is 16.6. The highest BCUT2D eigenvalue weighted by molar-refractivity contribution is 5.68. The molecule has 1 saturated heterocycles. The fourth-order valence-electron chi connectivity index (χ4n) is 3.48. The van der Waals surface area contributed by atoms with Gasteiger partial charge in [-0.2, -0.15) is 0 Å². The molecule has 1 aliphatic rings. The molecule has 0 aromatic heterocycles. The molecule has 0 aromatic rings. The van der Waals surface area contributed by atoms with Crippen molar-refractivity contribution in [3.8, 4) is 0 Å². The highest BCUT2D eigenvalue weighted by Crippen LogP contribution is 2.30. The molecule has 1 aliphatic heterocycles. The van der Waals surface area contributed by atoms with E-state index in [1.54, 1.807) is 0 Å². The number of hydrogen-bond donors (Lipinski definition) is 2. The summed E-state index contributed by atoms with van der Waals surface area (Å²) in [6.45, 7) is 10.3. The van der Waals surface area contributed by atoms with Crippen molar-refractivity contribution >= 4 is 23.9 Å². The minimum atomic E-state index is -1.23. The van der Waals surface area contributed by atoms with Gasteiger partial charge in [-0.25, -0.2) is 0 Å². The first-order valence-corrected chi connectivity index (χ1v) is 12.0. The van der Waals surface area contributed by atoms with Crippen LogP contribution in [0, 0.1) is 0 Å². The van der Waals surface area contributed by atoms with Crippen molar-refractivity contribution in [1.82, 2.24) is 10.6 Å². The third kappa shape index (κ3) is 12.8. The topological polar surface area (TPSA) is 148 Å². The zero-order valence-electron chi connectivity index (χ0n) is 21.3. The Morgan fingerprint density at radius 2 is 1.26 bits per heavy atom. The van der Waals surface area contributed by atoms with Gasteiger partial charge in [-0.15, -0.1) is 0 Å². The minimum absolute atomic E-state index is 0.245. The van der Waals surface area contributed by atoms with E-state index in [0.29, 0.717) is 13.0 Å². The molecular weight excluding hydrogens is 464 g/mol. The number of hydrogen-bond acceptors (Lipinski definition) is 12. The van der Waals surface area contributed by atoms with Crippen molar-refractivity contribution in [2.24, 2.45) is 0 Å². The van der Waals surface area contributed by atoms with E-state index in [1.165, 1.54) is 27.7 Å². The molecule has 1 fully saturated rings. The second-order valence-corrected chi connectivity index (χ2v) is 8.15. The number of ether oxygens (including phenoxy) is 6. The minimum Gasteiger partial charge on any atom is -0.463 e. The smallest absolute Gasteiger partial charge is 0.303 e. The van der Waals surface area contributed by atoms with Crippen LogP contribution in [-0.4, -0.2) is 94.0 Å². The predicted octanol–water partition coefficient (Wildman–Crippen LogP) is 0.456. The molecule has 5 unspecified atom stereocenters. The summed E-state index contributed by atoms with van der Waals surface area (Å²) < 4.78 is 32.8. The number of carbonyl (C=O) groups is 4. The predicted molar refractivity (Wildman–Crippen MR) is 123 cm³/mol. The molecule has 202 valence electrons. The van der Waals surface area contributed by atoms with Gasteiger partial charge in [0, 0.05) is 27.7 Å². The molecule has 12 nitrogen and oxygen atoms in total. The van der Waals surface area contributed by atoms with Crippen LogP contribution in [0.25, 0.3) is 0 Å². The van der Waals surface area contributed by atoms with Crippen molar-refractivity contribution in [3.63, 3.8) is 0 Å². The van der Waals surface area contributed by atoms with Crippen LogP contribution in [0.15, 0.2) is 0 Å². The summed E-state index contributed by atoms with van der Waals surface area (Å²) in [6, 6.07) is 0. The van der Waals surface area contributed by atoms with E-state index in [0.717, 1.165) is 32.5 Å². The van der Waals surface area contributed by atoms with E-state index in [4.69, 9.17) is 28.4 Å². The molecular formula is C23H40N2O10. The highest BCUT2D eigenvalue weighted by atomic mass is 16.7. The first-order valence-electron chi connectivity index (χ1n) is 12.0. The number of esters is 4. The second-order valence-electron chi connectivity index (χ2n) is 8.15. The average molecular weight is 505 g/mol. The molecule has 5 atom stereocenters. The molecule has 0 spiro atoms. The zero-order chi connectivity index (χ0) is 26.2. The molecule has 2 N–H and O–H groups in total. The van der Waals surface area contributed by atoms with Crippen LogP contribution in [0.4, 0.5) is 0 Å². The summed E-state index contributed by atoms with van der Waals surface area (Å²) in [5.74, 6) is -2.60. The molecule has 1 heterocycles. The van der Waals surface area contributed by atoms with E-state index in [2.05, 4.69) is 17.6 Å². The molecule has 12 heteroatoms. The molecule has 0 amide bonds. The second kappa shape index (κ2) is 17.2. The van der Waals surface area contributed by atoms with Crippen LogP contribution < -0.4 is 10.6 Å². The molecule has 0 radical (unpaired) electrons. The van der Waals surface area contributed by atoms with Crippen LogP contribution in [0.3, 0.4) is 0 Å². The largest absolute Gasteiger partial charge is 0.463 e. The van der Waals surface area contributed by atoms with Gasteiger partial charge in [0.05, 0.1) is 6.61 Å². The molecule has 0 aromatic carbocycles. The maximum atomic E-state index is 11.8. The van der Waals surface area contributed by atoms with Gasteiger partial charge in [0.15, 0.2) is 24.6 Å². The summed E-state index contributed by atoms with van der Waals surface area (Å²) in [4.78, 5) is 46.7. The lowest BCUT2D eigenvalue weighted by atomic mass is 9.98. The highest BCUT2D eigenvalue weighted by Gasteiger charge is 2.52. The van der Waals surface area contributed by atoms with Gasteiger partial charge in [-0.1, -0.05) is 6.92 Å². The van der Waals surface area contributed by atoms with Crippen LogP contribution in [0.2, 0.25) is 0 Å². The Balaban J connectivity index is 2.83. The lowest BCUT2D eigenvalue weighted by molar-refractivity contribution is -0.308.